The first-order chi connectivity index (χ1) is 8.52. The molecule has 2 aromatic rings. The Bertz CT molecular complexity index is 564. The van der Waals surface area contributed by atoms with Crippen molar-refractivity contribution < 1.29 is 9.26 Å². The van der Waals surface area contributed by atoms with E-state index in [1.54, 1.807) is 13.2 Å². The van der Waals surface area contributed by atoms with Gasteiger partial charge in [0, 0.05) is 21.7 Å². The van der Waals surface area contributed by atoms with Crippen molar-refractivity contribution in [3.05, 3.63) is 28.2 Å². The van der Waals surface area contributed by atoms with E-state index in [4.69, 9.17) is 15.0 Å². The third kappa shape index (κ3) is 2.36. The Morgan fingerprint density at radius 1 is 1.33 bits per heavy atom. The van der Waals surface area contributed by atoms with Crippen LogP contribution >= 0.6 is 15.9 Å². The first-order valence-electron chi connectivity index (χ1n) is 5.63. The Morgan fingerprint density at radius 3 is 2.56 bits per heavy atom. The molecule has 0 atom stereocenters. The third-order valence-electron chi connectivity index (χ3n) is 2.70. The van der Waals surface area contributed by atoms with Gasteiger partial charge in [-0.1, -0.05) is 34.9 Å². The molecular formula is C13H15BrN2O2. The van der Waals surface area contributed by atoms with Gasteiger partial charge in [0.25, 0.3) is 0 Å². The molecule has 4 nitrogen and oxygen atoms in total. The lowest BCUT2D eigenvalue weighted by atomic mass is 9.94. The van der Waals surface area contributed by atoms with Crippen molar-refractivity contribution in [1.29, 1.82) is 0 Å². The molecule has 0 aliphatic heterocycles. The molecule has 2 rings (SSSR count). The lowest BCUT2D eigenvalue weighted by Gasteiger charge is -2.16. The van der Waals surface area contributed by atoms with Crippen LogP contribution in [0.2, 0.25) is 0 Å². The average molecular weight is 311 g/mol. The van der Waals surface area contributed by atoms with Gasteiger partial charge in [-0.25, -0.2) is 0 Å². The van der Waals surface area contributed by atoms with Gasteiger partial charge in [-0.15, -0.1) is 0 Å². The standard InChI is InChI=1S/C13H15BrN2O2/c1-7(2)13-9(10-6-12(15)16-18-10)4-8(14)5-11(13)17-3/h4-7H,1-3H3,(H2,15,16). The number of hydrogen-bond acceptors (Lipinski definition) is 4. The summed E-state index contributed by atoms with van der Waals surface area (Å²) in [5.41, 5.74) is 7.63. The normalized spacial score (nSPS) is 10.9. The molecule has 0 saturated carbocycles. The summed E-state index contributed by atoms with van der Waals surface area (Å²) in [5, 5.41) is 3.73. The highest BCUT2D eigenvalue weighted by atomic mass is 79.9. The number of ether oxygens (including phenoxy) is 1. The number of nitrogen functional groups attached to an aromatic ring is 1. The Labute approximate surface area is 114 Å². The Kier molecular flexibility index (Phi) is 3.61. The zero-order valence-corrected chi connectivity index (χ0v) is 12.1. The first-order valence-corrected chi connectivity index (χ1v) is 6.42. The van der Waals surface area contributed by atoms with Crippen molar-refractivity contribution in [3.8, 4) is 17.1 Å². The fourth-order valence-electron chi connectivity index (χ4n) is 1.98. The van der Waals surface area contributed by atoms with Gasteiger partial charge in [-0.05, 0) is 18.1 Å². The van der Waals surface area contributed by atoms with Crippen molar-refractivity contribution in [3.63, 3.8) is 0 Å². The minimum absolute atomic E-state index is 0.300. The number of rotatable bonds is 3. The zero-order valence-electron chi connectivity index (χ0n) is 10.5. The largest absolute Gasteiger partial charge is 0.496 e. The van der Waals surface area contributed by atoms with Gasteiger partial charge in [0.1, 0.15) is 5.75 Å². The number of nitrogens with two attached hydrogens (primary N) is 1. The quantitative estimate of drug-likeness (QED) is 0.936. The van der Waals surface area contributed by atoms with E-state index in [0.29, 0.717) is 17.5 Å². The topological polar surface area (TPSA) is 61.3 Å². The van der Waals surface area contributed by atoms with Gasteiger partial charge in [0.2, 0.25) is 0 Å². The van der Waals surface area contributed by atoms with E-state index in [9.17, 15) is 0 Å². The molecule has 0 fully saturated rings. The number of methoxy groups -OCH3 is 1. The smallest absolute Gasteiger partial charge is 0.169 e. The van der Waals surface area contributed by atoms with Crippen LogP contribution in [0.5, 0.6) is 5.75 Å². The molecule has 1 heterocycles. The first kappa shape index (κ1) is 13.0. The molecule has 1 aromatic heterocycles. The maximum atomic E-state index is 5.60. The zero-order chi connectivity index (χ0) is 13.3. The molecule has 96 valence electrons. The van der Waals surface area contributed by atoms with Crippen LogP contribution in [0.1, 0.15) is 25.3 Å². The van der Waals surface area contributed by atoms with E-state index >= 15 is 0 Å². The number of benzene rings is 1. The Hall–Kier alpha value is -1.49. The van der Waals surface area contributed by atoms with Crippen LogP contribution in [0.15, 0.2) is 27.2 Å². The molecule has 0 saturated heterocycles. The van der Waals surface area contributed by atoms with Crippen molar-refractivity contribution in [2.45, 2.75) is 19.8 Å². The van der Waals surface area contributed by atoms with Gasteiger partial charge in [0.05, 0.1) is 7.11 Å². The van der Waals surface area contributed by atoms with Crippen LogP contribution in [0.4, 0.5) is 5.82 Å². The maximum absolute atomic E-state index is 5.60. The van der Waals surface area contributed by atoms with Crippen molar-refractivity contribution in [2.24, 2.45) is 0 Å². The lowest BCUT2D eigenvalue weighted by molar-refractivity contribution is 0.406. The van der Waals surface area contributed by atoms with E-state index in [1.807, 2.05) is 12.1 Å². The molecule has 2 N–H and O–H groups in total. The number of hydrogen-bond donors (Lipinski definition) is 1. The average Bonchev–Trinajstić information content (AvgIpc) is 2.74. The minimum Gasteiger partial charge on any atom is -0.496 e. The van der Waals surface area contributed by atoms with Gasteiger partial charge in [-0.2, -0.15) is 0 Å². The second-order valence-electron chi connectivity index (χ2n) is 4.34. The van der Waals surface area contributed by atoms with E-state index in [1.165, 1.54) is 0 Å². The van der Waals surface area contributed by atoms with Crippen LogP contribution in [0.25, 0.3) is 11.3 Å². The fraction of sp³-hybridized carbons (Fsp3) is 0.308. The molecule has 0 amide bonds. The molecule has 0 bridgehead atoms. The summed E-state index contributed by atoms with van der Waals surface area (Å²) in [6.07, 6.45) is 0. The second-order valence-corrected chi connectivity index (χ2v) is 5.26. The van der Waals surface area contributed by atoms with Gasteiger partial charge < -0.3 is 15.0 Å². The summed E-state index contributed by atoms with van der Waals surface area (Å²) in [4.78, 5) is 0. The molecule has 0 aliphatic rings. The van der Waals surface area contributed by atoms with Crippen LogP contribution < -0.4 is 10.5 Å². The monoisotopic (exact) mass is 310 g/mol. The van der Waals surface area contributed by atoms with E-state index in [0.717, 1.165) is 21.3 Å². The van der Waals surface area contributed by atoms with Crippen LogP contribution in [0.3, 0.4) is 0 Å². The van der Waals surface area contributed by atoms with E-state index < -0.39 is 0 Å². The highest BCUT2D eigenvalue weighted by Gasteiger charge is 2.18. The number of halogens is 1. The number of nitrogens with zero attached hydrogens (tertiary/aromatic N) is 1. The van der Waals surface area contributed by atoms with E-state index in [-0.39, 0.29) is 0 Å². The summed E-state index contributed by atoms with van der Waals surface area (Å²) >= 11 is 3.47. The molecule has 0 aliphatic carbocycles. The molecular weight excluding hydrogens is 296 g/mol. The third-order valence-corrected chi connectivity index (χ3v) is 3.16. The molecule has 5 heteroatoms. The molecule has 0 unspecified atom stereocenters. The molecule has 0 spiro atoms. The van der Waals surface area contributed by atoms with E-state index in [2.05, 4.69) is 34.9 Å². The van der Waals surface area contributed by atoms with Gasteiger partial charge >= 0.3 is 0 Å². The van der Waals surface area contributed by atoms with Crippen LogP contribution in [-0.4, -0.2) is 12.3 Å². The fourth-order valence-corrected chi connectivity index (χ4v) is 2.41. The van der Waals surface area contributed by atoms with Crippen molar-refractivity contribution in [2.75, 3.05) is 12.8 Å². The summed E-state index contributed by atoms with van der Waals surface area (Å²) < 4.78 is 11.6. The minimum atomic E-state index is 0.300. The molecule has 0 radical (unpaired) electrons. The lowest BCUT2D eigenvalue weighted by Crippen LogP contribution is -1.97. The highest BCUT2D eigenvalue weighted by Crippen LogP contribution is 2.39. The summed E-state index contributed by atoms with van der Waals surface area (Å²) in [5.74, 6) is 2.15. The SMILES string of the molecule is COc1cc(Br)cc(-c2cc(N)no2)c1C(C)C. The summed E-state index contributed by atoms with van der Waals surface area (Å²) in [7, 11) is 1.66. The number of anilines is 1. The van der Waals surface area contributed by atoms with Crippen molar-refractivity contribution >= 4 is 21.7 Å². The summed E-state index contributed by atoms with van der Waals surface area (Å²) in [6.45, 7) is 4.21. The maximum Gasteiger partial charge on any atom is 0.169 e. The van der Waals surface area contributed by atoms with Gasteiger partial charge in [0.15, 0.2) is 11.6 Å². The molecule has 1 aromatic carbocycles. The predicted molar refractivity (Wildman–Crippen MR) is 74.7 cm³/mol. The number of aromatic nitrogens is 1. The van der Waals surface area contributed by atoms with Crippen LogP contribution in [0, 0.1) is 0 Å². The summed E-state index contributed by atoms with van der Waals surface area (Å²) in [6, 6.07) is 5.64. The Morgan fingerprint density at radius 2 is 2.06 bits per heavy atom. The predicted octanol–water partition coefficient (Wildman–Crippen LogP) is 3.82. The second kappa shape index (κ2) is 5.02. The van der Waals surface area contributed by atoms with Crippen molar-refractivity contribution in [1.82, 2.24) is 5.16 Å². The Balaban J connectivity index is 2.68. The highest BCUT2D eigenvalue weighted by molar-refractivity contribution is 9.10. The molecule has 18 heavy (non-hydrogen) atoms. The van der Waals surface area contributed by atoms with Crippen LogP contribution in [-0.2, 0) is 0 Å². The van der Waals surface area contributed by atoms with Gasteiger partial charge in [-0.3, -0.25) is 0 Å².